The Kier molecular flexibility index (Phi) is 3.96. The number of hydrogen-bond acceptors (Lipinski definition) is 5. The van der Waals surface area contributed by atoms with Crippen LogP contribution in [0.5, 0.6) is 0 Å². The summed E-state index contributed by atoms with van der Waals surface area (Å²) in [6.45, 7) is 3.79. The van der Waals surface area contributed by atoms with Crippen molar-refractivity contribution < 1.29 is 9.90 Å². The number of carbonyl (C=O) groups is 1. The van der Waals surface area contributed by atoms with E-state index in [0.717, 1.165) is 37.0 Å². The Morgan fingerprint density at radius 2 is 1.75 bits per heavy atom. The highest BCUT2D eigenvalue weighted by molar-refractivity contribution is 8.03. The Morgan fingerprint density at radius 1 is 1.00 bits per heavy atom. The standard InChI is InChI=1S/C23H17NO2S2/c1-12(18-11-14-7-3-5-9-16(14)27-18)19-21(25)20(22(19)26)13(2)23-24-15-8-4-6-10-17(15)28-23/h3-11,24-25H,1-2H3/b19-12-,23-13-. The van der Waals surface area contributed by atoms with Crippen molar-refractivity contribution in [2.45, 2.75) is 18.7 Å². The lowest BCUT2D eigenvalue weighted by atomic mass is 9.81. The van der Waals surface area contributed by atoms with E-state index in [4.69, 9.17) is 0 Å². The van der Waals surface area contributed by atoms with Gasteiger partial charge in [-0.15, -0.1) is 11.3 Å². The number of para-hydroxylation sites is 1. The Morgan fingerprint density at radius 3 is 2.50 bits per heavy atom. The number of fused-ring (bicyclic) bond motifs is 2. The van der Waals surface area contributed by atoms with Gasteiger partial charge >= 0.3 is 0 Å². The molecule has 2 aromatic carbocycles. The normalized spacial score (nSPS) is 19.4. The van der Waals surface area contributed by atoms with Gasteiger partial charge < -0.3 is 10.4 Å². The second kappa shape index (κ2) is 6.40. The number of allylic oxidation sites excluding steroid dienone is 4. The zero-order chi connectivity index (χ0) is 19.4. The number of aliphatic hydroxyl groups excluding tert-OH is 1. The molecule has 1 aliphatic carbocycles. The maximum atomic E-state index is 12.9. The Bertz CT molecular complexity index is 1200. The number of anilines is 1. The van der Waals surface area contributed by atoms with Crippen LogP contribution in [0.2, 0.25) is 0 Å². The fraction of sp³-hybridized carbons (Fsp3) is 0.0870. The number of thiophene rings is 1. The van der Waals surface area contributed by atoms with Crippen LogP contribution < -0.4 is 5.32 Å². The second-order valence-corrected chi connectivity index (χ2v) is 9.01. The van der Waals surface area contributed by atoms with E-state index >= 15 is 0 Å². The van der Waals surface area contributed by atoms with Crippen LogP contribution in [0.3, 0.4) is 0 Å². The number of hydrogen-bond donors (Lipinski definition) is 2. The molecule has 5 rings (SSSR count). The summed E-state index contributed by atoms with van der Waals surface area (Å²) in [5.74, 6) is 0.0131. The molecule has 0 fully saturated rings. The molecule has 3 aromatic rings. The first-order chi connectivity index (χ1) is 13.5. The number of Topliss-reactive ketones (excluding diaryl/α,β-unsaturated/α-hetero) is 1. The van der Waals surface area contributed by atoms with Crippen molar-refractivity contribution in [3.8, 4) is 0 Å². The summed E-state index contributed by atoms with van der Waals surface area (Å²) < 4.78 is 1.18. The number of benzene rings is 2. The smallest absolute Gasteiger partial charge is 0.201 e. The first-order valence-electron chi connectivity index (χ1n) is 8.98. The molecular formula is C23H17NO2S2. The Hall–Kier alpha value is -2.76. The van der Waals surface area contributed by atoms with E-state index in [2.05, 4.69) is 23.5 Å². The Balaban J connectivity index is 1.54. The molecule has 0 saturated heterocycles. The number of thioether (sulfide) groups is 1. The third-order valence-electron chi connectivity index (χ3n) is 5.16. The van der Waals surface area contributed by atoms with Crippen molar-refractivity contribution in [1.82, 2.24) is 0 Å². The van der Waals surface area contributed by atoms with E-state index in [1.165, 1.54) is 4.70 Å². The molecule has 2 N–H and O–H groups in total. The highest BCUT2D eigenvalue weighted by Gasteiger charge is 2.38. The molecule has 0 radical (unpaired) electrons. The third kappa shape index (κ3) is 2.54. The molecule has 2 aliphatic rings. The van der Waals surface area contributed by atoms with Crippen molar-refractivity contribution in [2.75, 3.05) is 5.32 Å². The summed E-state index contributed by atoms with van der Waals surface area (Å²) >= 11 is 3.23. The van der Waals surface area contributed by atoms with E-state index in [0.29, 0.717) is 11.1 Å². The minimum Gasteiger partial charge on any atom is -0.506 e. The van der Waals surface area contributed by atoms with Gasteiger partial charge in [0.1, 0.15) is 5.76 Å². The molecule has 0 amide bonds. The van der Waals surface area contributed by atoms with Gasteiger partial charge in [0.15, 0.2) is 0 Å². The van der Waals surface area contributed by atoms with Crippen LogP contribution in [0.1, 0.15) is 18.7 Å². The summed E-state index contributed by atoms with van der Waals surface area (Å²) in [4.78, 5) is 15.1. The average molecular weight is 404 g/mol. The van der Waals surface area contributed by atoms with Crippen LogP contribution in [-0.2, 0) is 4.79 Å². The van der Waals surface area contributed by atoms with E-state index in [9.17, 15) is 9.90 Å². The minimum atomic E-state index is -0.0872. The lowest BCUT2D eigenvalue weighted by Gasteiger charge is -2.24. The summed E-state index contributed by atoms with van der Waals surface area (Å²) in [6.07, 6.45) is 0. The van der Waals surface area contributed by atoms with Gasteiger partial charge in [0, 0.05) is 14.5 Å². The maximum Gasteiger partial charge on any atom is 0.201 e. The van der Waals surface area contributed by atoms with Crippen molar-refractivity contribution in [3.63, 3.8) is 0 Å². The van der Waals surface area contributed by atoms with Gasteiger partial charge in [-0.3, -0.25) is 4.79 Å². The first kappa shape index (κ1) is 17.3. The summed E-state index contributed by atoms with van der Waals surface area (Å²) in [6, 6.07) is 18.2. The molecule has 3 nitrogen and oxygen atoms in total. The highest BCUT2D eigenvalue weighted by atomic mass is 32.2. The lowest BCUT2D eigenvalue weighted by Crippen LogP contribution is -2.25. The number of carbonyl (C=O) groups excluding carboxylic acids is 1. The Labute approximate surface area is 171 Å². The molecule has 0 unspecified atom stereocenters. The second-order valence-electron chi connectivity index (χ2n) is 6.88. The van der Waals surface area contributed by atoms with Crippen molar-refractivity contribution in [2.24, 2.45) is 0 Å². The largest absolute Gasteiger partial charge is 0.506 e. The minimum absolute atomic E-state index is 0.0872. The first-order valence-corrected chi connectivity index (χ1v) is 10.6. The molecule has 0 atom stereocenters. The van der Waals surface area contributed by atoms with Gasteiger partial charge in [-0.25, -0.2) is 0 Å². The molecule has 1 aromatic heterocycles. The SMILES string of the molecule is C/C(C1=C(O)/C(=C(\C)c2cc3ccccc3s2)C1=O)=C1\Nc2ccccc2S1. The summed E-state index contributed by atoms with van der Waals surface area (Å²) in [5, 5.41) is 16.1. The van der Waals surface area contributed by atoms with Gasteiger partial charge in [-0.2, -0.15) is 0 Å². The average Bonchev–Trinajstić information content (AvgIpc) is 3.32. The molecule has 0 bridgehead atoms. The zero-order valence-electron chi connectivity index (χ0n) is 15.4. The quantitative estimate of drug-likeness (QED) is 0.478. The predicted molar refractivity (Wildman–Crippen MR) is 118 cm³/mol. The molecule has 1 aliphatic heterocycles. The zero-order valence-corrected chi connectivity index (χ0v) is 17.0. The van der Waals surface area contributed by atoms with Crippen LogP contribution in [-0.4, -0.2) is 10.9 Å². The van der Waals surface area contributed by atoms with Crippen LogP contribution in [0.25, 0.3) is 15.7 Å². The number of rotatable bonds is 2. The maximum absolute atomic E-state index is 12.9. The number of nitrogens with one attached hydrogen (secondary N) is 1. The van der Waals surface area contributed by atoms with E-state index in [1.807, 2.05) is 50.2 Å². The van der Waals surface area contributed by atoms with Crippen molar-refractivity contribution >= 4 is 50.2 Å². The molecule has 0 saturated carbocycles. The number of ketones is 1. The molecule has 5 heteroatoms. The van der Waals surface area contributed by atoms with Gasteiger partial charge in [0.25, 0.3) is 0 Å². The van der Waals surface area contributed by atoms with E-state index in [1.54, 1.807) is 23.1 Å². The molecule has 2 heterocycles. The molecule has 138 valence electrons. The van der Waals surface area contributed by atoms with Crippen molar-refractivity contribution in [1.29, 1.82) is 0 Å². The van der Waals surface area contributed by atoms with Crippen LogP contribution in [0.4, 0.5) is 5.69 Å². The third-order valence-corrected chi connectivity index (χ3v) is 7.58. The molecule has 28 heavy (non-hydrogen) atoms. The van der Waals surface area contributed by atoms with Gasteiger partial charge in [-0.05, 0) is 54.6 Å². The van der Waals surface area contributed by atoms with Crippen LogP contribution >= 0.6 is 23.1 Å². The van der Waals surface area contributed by atoms with E-state index < -0.39 is 0 Å². The topological polar surface area (TPSA) is 49.3 Å². The molecular weight excluding hydrogens is 386 g/mol. The highest BCUT2D eigenvalue weighted by Crippen LogP contribution is 2.46. The summed E-state index contributed by atoms with van der Waals surface area (Å²) in [7, 11) is 0. The van der Waals surface area contributed by atoms with Gasteiger partial charge in [0.2, 0.25) is 5.78 Å². The predicted octanol–water partition coefficient (Wildman–Crippen LogP) is 6.52. The van der Waals surface area contributed by atoms with Crippen LogP contribution in [0.15, 0.2) is 87.0 Å². The van der Waals surface area contributed by atoms with Gasteiger partial charge in [-0.1, -0.05) is 42.1 Å². The van der Waals surface area contributed by atoms with Crippen LogP contribution in [0, 0.1) is 0 Å². The summed E-state index contributed by atoms with van der Waals surface area (Å²) in [5.41, 5.74) is 3.50. The van der Waals surface area contributed by atoms with E-state index in [-0.39, 0.29) is 11.5 Å². The molecule has 0 spiro atoms. The number of aliphatic hydroxyl groups is 1. The van der Waals surface area contributed by atoms with Crippen molar-refractivity contribution in [3.05, 3.63) is 87.0 Å². The fourth-order valence-electron chi connectivity index (χ4n) is 3.59. The fourth-order valence-corrected chi connectivity index (χ4v) is 5.67. The monoisotopic (exact) mass is 403 g/mol. The van der Waals surface area contributed by atoms with Gasteiger partial charge in [0.05, 0.1) is 21.9 Å². The lowest BCUT2D eigenvalue weighted by molar-refractivity contribution is -0.113.